The number of aliphatic carboxylic acids is 1. The number of alkyl halides is 1. The highest BCUT2D eigenvalue weighted by Crippen LogP contribution is 2.31. The zero-order chi connectivity index (χ0) is 11.3. The van der Waals surface area contributed by atoms with Crippen molar-refractivity contribution >= 4 is 5.97 Å². The van der Waals surface area contributed by atoms with E-state index in [0.29, 0.717) is 12.3 Å². The molecular weight excluding hydrogens is 195 g/mol. The maximum absolute atomic E-state index is 13.8. The summed E-state index contributed by atoms with van der Waals surface area (Å²) >= 11 is 0. The van der Waals surface area contributed by atoms with Crippen molar-refractivity contribution in [3.05, 3.63) is 0 Å². The zero-order valence-corrected chi connectivity index (χ0v) is 9.42. The fourth-order valence-electron chi connectivity index (χ4n) is 2.47. The van der Waals surface area contributed by atoms with Gasteiger partial charge in [-0.05, 0) is 18.8 Å². The van der Waals surface area contributed by atoms with E-state index in [1.165, 1.54) is 0 Å². The zero-order valence-electron chi connectivity index (χ0n) is 9.42. The molecule has 88 valence electrons. The highest BCUT2D eigenvalue weighted by Gasteiger charge is 2.27. The Morgan fingerprint density at radius 2 is 2.07 bits per heavy atom. The average molecular weight is 216 g/mol. The minimum atomic E-state index is -0.911. The molecule has 2 nitrogen and oxygen atoms in total. The molecule has 0 aliphatic heterocycles. The van der Waals surface area contributed by atoms with E-state index < -0.39 is 12.1 Å². The number of carboxylic acid groups (broad SMARTS) is 1. The lowest BCUT2D eigenvalue weighted by atomic mass is 9.82. The van der Waals surface area contributed by atoms with Crippen molar-refractivity contribution in [2.45, 2.75) is 58.0 Å². The monoisotopic (exact) mass is 216 g/mol. The minimum Gasteiger partial charge on any atom is -0.481 e. The summed E-state index contributed by atoms with van der Waals surface area (Å²) < 4.78 is 13.8. The maximum atomic E-state index is 13.8. The van der Waals surface area contributed by atoms with Gasteiger partial charge in [-0.2, -0.15) is 0 Å². The SMILES string of the molecule is CCC1CCCCC(CC(=O)O)C(F)C1. The van der Waals surface area contributed by atoms with Crippen LogP contribution >= 0.6 is 0 Å². The first kappa shape index (κ1) is 12.5. The molecule has 15 heavy (non-hydrogen) atoms. The molecule has 0 amide bonds. The lowest BCUT2D eigenvalue weighted by molar-refractivity contribution is -0.138. The summed E-state index contributed by atoms with van der Waals surface area (Å²) in [5, 5.41) is 8.70. The molecule has 3 atom stereocenters. The number of hydrogen-bond donors (Lipinski definition) is 1. The molecule has 0 aromatic carbocycles. The lowest BCUT2D eigenvalue weighted by Crippen LogP contribution is -2.24. The van der Waals surface area contributed by atoms with E-state index >= 15 is 0 Å². The van der Waals surface area contributed by atoms with Gasteiger partial charge in [-0.15, -0.1) is 0 Å². The third kappa shape index (κ3) is 4.18. The Bertz CT molecular complexity index is 206. The number of halogens is 1. The Hall–Kier alpha value is -0.600. The average Bonchev–Trinajstić information content (AvgIpc) is 2.17. The van der Waals surface area contributed by atoms with Crippen molar-refractivity contribution in [3.8, 4) is 0 Å². The van der Waals surface area contributed by atoms with Crippen molar-refractivity contribution in [2.24, 2.45) is 11.8 Å². The van der Waals surface area contributed by atoms with Crippen molar-refractivity contribution in [1.82, 2.24) is 0 Å². The first-order valence-corrected chi connectivity index (χ1v) is 5.99. The predicted octanol–water partition coefficient (Wildman–Crippen LogP) is 3.41. The van der Waals surface area contributed by atoms with Gasteiger partial charge in [0.05, 0.1) is 6.42 Å². The van der Waals surface area contributed by atoms with Crippen molar-refractivity contribution in [2.75, 3.05) is 0 Å². The topological polar surface area (TPSA) is 37.3 Å². The van der Waals surface area contributed by atoms with Crippen LogP contribution in [0.15, 0.2) is 0 Å². The van der Waals surface area contributed by atoms with Crippen LogP contribution in [0.25, 0.3) is 0 Å². The van der Waals surface area contributed by atoms with Gasteiger partial charge in [0.25, 0.3) is 0 Å². The molecular formula is C12H21FO2. The Morgan fingerprint density at radius 3 is 2.67 bits per heavy atom. The van der Waals surface area contributed by atoms with E-state index in [2.05, 4.69) is 6.92 Å². The molecule has 1 aliphatic carbocycles. The highest BCUT2D eigenvalue weighted by atomic mass is 19.1. The van der Waals surface area contributed by atoms with Crippen molar-refractivity contribution < 1.29 is 14.3 Å². The fraction of sp³-hybridized carbons (Fsp3) is 0.917. The van der Waals surface area contributed by atoms with Gasteiger partial charge in [-0.25, -0.2) is 4.39 Å². The quantitative estimate of drug-likeness (QED) is 0.785. The summed E-state index contributed by atoms with van der Waals surface area (Å²) in [5.74, 6) is -0.662. The van der Waals surface area contributed by atoms with Crippen LogP contribution in [0.5, 0.6) is 0 Å². The molecule has 1 N–H and O–H groups in total. The normalized spacial score (nSPS) is 33.1. The lowest BCUT2D eigenvalue weighted by Gasteiger charge is -2.26. The molecule has 0 saturated heterocycles. The van der Waals surface area contributed by atoms with Gasteiger partial charge in [0.2, 0.25) is 0 Å². The molecule has 3 unspecified atom stereocenters. The molecule has 1 saturated carbocycles. The van der Waals surface area contributed by atoms with Crippen LogP contribution in [-0.2, 0) is 4.79 Å². The fourth-order valence-corrected chi connectivity index (χ4v) is 2.47. The molecule has 0 aromatic heterocycles. The number of rotatable bonds is 3. The summed E-state index contributed by atoms with van der Waals surface area (Å²) in [5.41, 5.74) is 0. The van der Waals surface area contributed by atoms with Gasteiger partial charge >= 0.3 is 5.97 Å². The third-order valence-electron chi connectivity index (χ3n) is 3.52. The van der Waals surface area contributed by atoms with Gasteiger partial charge in [-0.1, -0.05) is 32.6 Å². The minimum absolute atomic E-state index is 0.00238. The molecule has 0 radical (unpaired) electrons. The second kappa shape index (κ2) is 6.09. The summed E-state index contributed by atoms with van der Waals surface area (Å²) in [6.07, 6.45) is 4.62. The Morgan fingerprint density at radius 1 is 1.40 bits per heavy atom. The summed E-state index contributed by atoms with van der Waals surface area (Å²) in [6.45, 7) is 2.09. The number of carbonyl (C=O) groups is 1. The van der Waals surface area contributed by atoms with E-state index in [9.17, 15) is 9.18 Å². The van der Waals surface area contributed by atoms with Crippen molar-refractivity contribution in [3.63, 3.8) is 0 Å². The van der Waals surface area contributed by atoms with Crippen molar-refractivity contribution in [1.29, 1.82) is 0 Å². The van der Waals surface area contributed by atoms with Gasteiger partial charge in [0, 0.05) is 5.92 Å². The predicted molar refractivity (Wildman–Crippen MR) is 57.5 cm³/mol. The van der Waals surface area contributed by atoms with E-state index in [0.717, 1.165) is 32.1 Å². The molecule has 1 fully saturated rings. The van der Waals surface area contributed by atoms with Crippen LogP contribution in [0.4, 0.5) is 4.39 Å². The molecule has 0 aromatic rings. The van der Waals surface area contributed by atoms with Crippen LogP contribution in [0.2, 0.25) is 0 Å². The van der Waals surface area contributed by atoms with Gasteiger partial charge < -0.3 is 5.11 Å². The maximum Gasteiger partial charge on any atom is 0.303 e. The standard InChI is InChI=1S/C12H21FO2/c1-2-9-5-3-4-6-10(8-12(14)15)11(13)7-9/h9-11H,2-8H2,1H3,(H,14,15). The second-order valence-corrected chi connectivity index (χ2v) is 4.67. The highest BCUT2D eigenvalue weighted by molar-refractivity contribution is 5.67. The Balaban J connectivity index is 2.51. The molecule has 1 aliphatic rings. The van der Waals surface area contributed by atoms with E-state index in [1.54, 1.807) is 0 Å². The number of hydrogen-bond acceptors (Lipinski definition) is 1. The van der Waals surface area contributed by atoms with Gasteiger partial charge in [0.15, 0.2) is 0 Å². The first-order valence-electron chi connectivity index (χ1n) is 5.99. The van der Waals surface area contributed by atoms with Gasteiger partial charge in [0.1, 0.15) is 6.17 Å². The third-order valence-corrected chi connectivity index (χ3v) is 3.52. The summed E-state index contributed by atoms with van der Waals surface area (Å²) in [7, 11) is 0. The smallest absolute Gasteiger partial charge is 0.303 e. The Labute approximate surface area is 90.9 Å². The van der Waals surface area contributed by atoms with Crippen LogP contribution in [0.1, 0.15) is 51.9 Å². The van der Waals surface area contributed by atoms with Crippen LogP contribution in [-0.4, -0.2) is 17.2 Å². The van der Waals surface area contributed by atoms with Crippen LogP contribution in [0, 0.1) is 11.8 Å². The molecule has 0 heterocycles. The number of carboxylic acids is 1. The molecule has 1 rings (SSSR count). The van der Waals surface area contributed by atoms with Gasteiger partial charge in [-0.3, -0.25) is 4.79 Å². The molecule has 0 bridgehead atoms. The van der Waals surface area contributed by atoms with E-state index in [-0.39, 0.29) is 12.3 Å². The van der Waals surface area contributed by atoms with E-state index in [1.807, 2.05) is 0 Å². The summed E-state index contributed by atoms with van der Waals surface area (Å²) in [6, 6.07) is 0. The Kier molecular flexibility index (Phi) is 5.06. The first-order chi connectivity index (χ1) is 7.13. The summed E-state index contributed by atoms with van der Waals surface area (Å²) in [4.78, 5) is 10.6. The van der Waals surface area contributed by atoms with Crippen LogP contribution in [0.3, 0.4) is 0 Å². The van der Waals surface area contributed by atoms with Crippen LogP contribution < -0.4 is 0 Å². The molecule has 0 spiro atoms. The largest absolute Gasteiger partial charge is 0.481 e. The second-order valence-electron chi connectivity index (χ2n) is 4.67. The molecule has 3 heteroatoms. The van der Waals surface area contributed by atoms with E-state index in [4.69, 9.17) is 5.11 Å².